The second-order valence-electron chi connectivity index (χ2n) is 5.13. The Kier molecular flexibility index (Phi) is 4.34. The van der Waals surface area contributed by atoms with Gasteiger partial charge in [0.15, 0.2) is 0 Å². The Morgan fingerprint density at radius 1 is 1.13 bits per heavy atom. The van der Waals surface area contributed by atoms with Crippen LogP contribution in [0.4, 0.5) is 0 Å². The highest BCUT2D eigenvalue weighted by Gasteiger charge is 2.13. The van der Waals surface area contributed by atoms with E-state index in [0.29, 0.717) is 6.61 Å². The molecule has 0 saturated heterocycles. The minimum Gasteiger partial charge on any atom is -0.396 e. The Balaban J connectivity index is 2.66. The maximum atomic E-state index is 8.73. The Bertz CT molecular complexity index is 296. The van der Waals surface area contributed by atoms with Crippen LogP contribution in [0.3, 0.4) is 0 Å². The lowest BCUT2D eigenvalue weighted by Gasteiger charge is -2.19. The molecule has 0 atom stereocenters. The molecule has 1 heteroatoms. The summed E-state index contributed by atoms with van der Waals surface area (Å²) >= 11 is 0. The Hall–Kier alpha value is -0.820. The first-order valence-corrected chi connectivity index (χ1v) is 5.74. The number of rotatable bonds is 4. The zero-order chi connectivity index (χ0) is 11.3. The number of hydrogen-bond donors (Lipinski definition) is 1. The lowest BCUT2D eigenvalue weighted by molar-refractivity contribution is 0.284. The van der Waals surface area contributed by atoms with Crippen LogP contribution in [-0.2, 0) is 11.8 Å². The molecule has 0 amide bonds. The van der Waals surface area contributed by atoms with Gasteiger partial charge in [0, 0.05) is 6.61 Å². The summed E-state index contributed by atoms with van der Waals surface area (Å²) in [7, 11) is 0. The van der Waals surface area contributed by atoms with Crippen molar-refractivity contribution in [2.24, 2.45) is 0 Å². The second-order valence-corrected chi connectivity index (χ2v) is 5.13. The summed E-state index contributed by atoms with van der Waals surface area (Å²) < 4.78 is 0. The first-order chi connectivity index (χ1) is 7.04. The third-order valence-electron chi connectivity index (χ3n) is 2.67. The van der Waals surface area contributed by atoms with Crippen molar-refractivity contribution in [3.05, 3.63) is 35.4 Å². The van der Waals surface area contributed by atoms with Crippen LogP contribution in [0.5, 0.6) is 0 Å². The summed E-state index contributed by atoms with van der Waals surface area (Å²) in [5, 5.41) is 8.73. The quantitative estimate of drug-likeness (QED) is 0.749. The third kappa shape index (κ3) is 4.05. The molecule has 0 aliphatic heterocycles. The minimum atomic E-state index is 0.229. The average molecular weight is 206 g/mol. The fourth-order valence-corrected chi connectivity index (χ4v) is 1.63. The average Bonchev–Trinajstić information content (AvgIpc) is 2.17. The van der Waals surface area contributed by atoms with Crippen LogP contribution >= 0.6 is 0 Å². The second kappa shape index (κ2) is 5.32. The first kappa shape index (κ1) is 12.3. The molecule has 0 spiro atoms. The van der Waals surface area contributed by atoms with Gasteiger partial charge in [-0.2, -0.15) is 0 Å². The molecule has 1 nitrogen and oxygen atoms in total. The van der Waals surface area contributed by atoms with E-state index in [9.17, 15) is 0 Å². The lowest BCUT2D eigenvalue weighted by atomic mass is 9.86. The van der Waals surface area contributed by atoms with Gasteiger partial charge in [-0.05, 0) is 35.8 Å². The molecule has 0 heterocycles. The van der Waals surface area contributed by atoms with Crippen molar-refractivity contribution in [1.29, 1.82) is 0 Å². The first-order valence-electron chi connectivity index (χ1n) is 5.74. The minimum absolute atomic E-state index is 0.229. The van der Waals surface area contributed by atoms with Gasteiger partial charge in [-0.1, -0.05) is 45.0 Å². The van der Waals surface area contributed by atoms with Crippen molar-refractivity contribution in [2.45, 2.75) is 45.4 Å². The van der Waals surface area contributed by atoms with Crippen molar-refractivity contribution in [1.82, 2.24) is 0 Å². The number of aliphatic hydroxyl groups is 1. The molecular formula is C14H22O. The van der Waals surface area contributed by atoms with E-state index < -0.39 is 0 Å². The van der Waals surface area contributed by atoms with Gasteiger partial charge in [-0.25, -0.2) is 0 Å². The van der Waals surface area contributed by atoms with Crippen molar-refractivity contribution in [2.75, 3.05) is 6.61 Å². The molecule has 84 valence electrons. The molecule has 0 bridgehead atoms. The van der Waals surface area contributed by atoms with Crippen LogP contribution in [0.2, 0.25) is 0 Å². The van der Waals surface area contributed by atoms with Crippen LogP contribution in [-0.4, -0.2) is 11.7 Å². The largest absolute Gasteiger partial charge is 0.396 e. The molecule has 0 aromatic heterocycles. The Morgan fingerprint density at radius 2 is 1.87 bits per heavy atom. The van der Waals surface area contributed by atoms with Crippen LogP contribution in [0, 0.1) is 0 Å². The zero-order valence-corrected chi connectivity index (χ0v) is 10.1. The number of aryl methyl sites for hydroxylation is 1. The van der Waals surface area contributed by atoms with Gasteiger partial charge in [0.2, 0.25) is 0 Å². The maximum Gasteiger partial charge on any atom is 0.0431 e. The number of hydrogen-bond acceptors (Lipinski definition) is 1. The van der Waals surface area contributed by atoms with E-state index in [1.165, 1.54) is 11.1 Å². The summed E-state index contributed by atoms with van der Waals surface area (Å²) in [6.45, 7) is 7.01. The van der Waals surface area contributed by atoms with Crippen molar-refractivity contribution < 1.29 is 5.11 Å². The summed E-state index contributed by atoms with van der Waals surface area (Å²) in [6.07, 6.45) is 3.05. The van der Waals surface area contributed by atoms with E-state index in [1.807, 2.05) is 0 Å². The van der Waals surface area contributed by atoms with Gasteiger partial charge in [-0.3, -0.25) is 0 Å². The van der Waals surface area contributed by atoms with Gasteiger partial charge in [0.05, 0.1) is 0 Å². The highest BCUT2D eigenvalue weighted by Crippen LogP contribution is 2.23. The molecular weight excluding hydrogens is 184 g/mol. The van der Waals surface area contributed by atoms with E-state index in [1.54, 1.807) is 0 Å². The summed E-state index contributed by atoms with van der Waals surface area (Å²) in [5.41, 5.74) is 3.01. The van der Waals surface area contributed by atoms with Gasteiger partial charge in [0.1, 0.15) is 0 Å². The molecule has 1 rings (SSSR count). The molecule has 0 unspecified atom stereocenters. The number of unbranched alkanes of at least 4 members (excludes halogenated alkanes) is 1. The third-order valence-corrected chi connectivity index (χ3v) is 2.67. The Morgan fingerprint density at radius 3 is 2.47 bits per heavy atom. The van der Waals surface area contributed by atoms with Crippen LogP contribution < -0.4 is 0 Å². The van der Waals surface area contributed by atoms with Gasteiger partial charge < -0.3 is 5.11 Å². The molecule has 1 aromatic carbocycles. The van der Waals surface area contributed by atoms with Crippen LogP contribution in [0.25, 0.3) is 0 Å². The van der Waals surface area contributed by atoms with E-state index in [-0.39, 0.29) is 5.41 Å². The monoisotopic (exact) mass is 206 g/mol. The van der Waals surface area contributed by atoms with Crippen molar-refractivity contribution in [3.8, 4) is 0 Å². The normalized spacial score (nSPS) is 11.7. The predicted molar refractivity (Wildman–Crippen MR) is 65.2 cm³/mol. The predicted octanol–water partition coefficient (Wildman–Crippen LogP) is 3.30. The SMILES string of the molecule is CC(C)(C)c1cccc(CCCCO)c1. The van der Waals surface area contributed by atoms with E-state index in [2.05, 4.69) is 45.0 Å². The van der Waals surface area contributed by atoms with Crippen molar-refractivity contribution in [3.63, 3.8) is 0 Å². The van der Waals surface area contributed by atoms with E-state index in [4.69, 9.17) is 5.11 Å². The molecule has 0 fully saturated rings. The molecule has 0 aliphatic carbocycles. The molecule has 0 saturated carbocycles. The summed E-state index contributed by atoms with van der Waals surface area (Å²) in [6, 6.07) is 8.79. The summed E-state index contributed by atoms with van der Waals surface area (Å²) in [4.78, 5) is 0. The van der Waals surface area contributed by atoms with Crippen LogP contribution in [0.15, 0.2) is 24.3 Å². The number of aliphatic hydroxyl groups excluding tert-OH is 1. The Labute approximate surface area is 93.1 Å². The molecule has 0 radical (unpaired) electrons. The number of benzene rings is 1. The fourth-order valence-electron chi connectivity index (χ4n) is 1.63. The molecule has 1 aromatic rings. The smallest absolute Gasteiger partial charge is 0.0431 e. The fraction of sp³-hybridized carbons (Fsp3) is 0.571. The highest BCUT2D eigenvalue weighted by atomic mass is 16.2. The van der Waals surface area contributed by atoms with Gasteiger partial charge in [0.25, 0.3) is 0 Å². The molecule has 15 heavy (non-hydrogen) atoms. The van der Waals surface area contributed by atoms with Gasteiger partial charge in [-0.15, -0.1) is 0 Å². The maximum absolute atomic E-state index is 8.73. The van der Waals surface area contributed by atoms with Crippen LogP contribution in [0.1, 0.15) is 44.7 Å². The molecule has 0 aliphatic rings. The van der Waals surface area contributed by atoms with Crippen molar-refractivity contribution >= 4 is 0 Å². The van der Waals surface area contributed by atoms with E-state index in [0.717, 1.165) is 19.3 Å². The van der Waals surface area contributed by atoms with Gasteiger partial charge >= 0.3 is 0 Å². The lowest BCUT2D eigenvalue weighted by Crippen LogP contribution is -2.11. The summed E-state index contributed by atoms with van der Waals surface area (Å²) in [5.74, 6) is 0. The zero-order valence-electron chi connectivity index (χ0n) is 10.1. The topological polar surface area (TPSA) is 20.2 Å². The highest BCUT2D eigenvalue weighted by molar-refractivity contribution is 5.28. The van der Waals surface area contributed by atoms with E-state index >= 15 is 0 Å². The molecule has 1 N–H and O–H groups in total. The standard InChI is InChI=1S/C14H22O/c1-14(2,3)13-9-6-8-12(11-13)7-4-5-10-15/h6,8-9,11,15H,4-5,7,10H2,1-3H3.